The average molecular weight is 278 g/mol. The van der Waals surface area contributed by atoms with Crippen molar-refractivity contribution in [2.24, 2.45) is 0 Å². The van der Waals surface area contributed by atoms with Crippen molar-refractivity contribution in [2.75, 3.05) is 5.75 Å². The van der Waals surface area contributed by atoms with Crippen LogP contribution in [-0.4, -0.2) is 14.2 Å². The molecule has 1 aromatic carbocycles. The van der Waals surface area contributed by atoms with E-state index in [1.807, 2.05) is 6.07 Å². The summed E-state index contributed by atoms with van der Waals surface area (Å²) in [6.45, 7) is 8.07. The lowest BCUT2D eigenvalue weighted by Crippen LogP contribution is -2.07. The van der Waals surface area contributed by atoms with Crippen LogP contribution < -0.4 is 0 Å². The topological polar surface area (TPSA) is 34.1 Å². The molecule has 104 valence electrons. The van der Waals surface area contributed by atoms with E-state index in [1.165, 1.54) is 5.57 Å². The minimum Gasteiger partial charge on any atom is -0.224 e. The van der Waals surface area contributed by atoms with Gasteiger partial charge in [-0.15, -0.1) is 0 Å². The largest absolute Gasteiger partial charge is 0.224 e. The first kappa shape index (κ1) is 15.7. The number of allylic oxidation sites excluding steroid dienone is 3. The summed E-state index contributed by atoms with van der Waals surface area (Å²) in [6.07, 6.45) is 4.48. The Morgan fingerprint density at radius 3 is 2.37 bits per heavy atom. The molecule has 0 saturated carbocycles. The molecule has 0 aliphatic heterocycles. The SMILES string of the molecule is C=C(CCC=C(C)C)CCS(=O)(=O)c1ccccc1. The van der Waals surface area contributed by atoms with Crippen LogP contribution in [0.1, 0.15) is 33.1 Å². The molecule has 19 heavy (non-hydrogen) atoms. The summed E-state index contributed by atoms with van der Waals surface area (Å²) < 4.78 is 24.1. The Balaban J connectivity index is 2.48. The van der Waals surface area contributed by atoms with Gasteiger partial charge in [-0.1, -0.05) is 42.0 Å². The molecule has 2 nitrogen and oxygen atoms in total. The van der Waals surface area contributed by atoms with Crippen molar-refractivity contribution in [3.8, 4) is 0 Å². The van der Waals surface area contributed by atoms with Gasteiger partial charge >= 0.3 is 0 Å². The van der Waals surface area contributed by atoms with E-state index < -0.39 is 9.84 Å². The van der Waals surface area contributed by atoms with Crippen molar-refractivity contribution in [2.45, 2.75) is 38.0 Å². The summed E-state index contributed by atoms with van der Waals surface area (Å²) in [6, 6.07) is 8.59. The van der Waals surface area contributed by atoms with Crippen molar-refractivity contribution >= 4 is 9.84 Å². The van der Waals surface area contributed by atoms with E-state index >= 15 is 0 Å². The highest BCUT2D eigenvalue weighted by Gasteiger charge is 2.13. The molecule has 1 aromatic rings. The van der Waals surface area contributed by atoms with Crippen LogP contribution in [0.5, 0.6) is 0 Å². The van der Waals surface area contributed by atoms with Crippen LogP contribution in [0.3, 0.4) is 0 Å². The highest BCUT2D eigenvalue weighted by Crippen LogP contribution is 2.15. The molecule has 0 aromatic heterocycles. The molecule has 0 atom stereocenters. The third-order valence-electron chi connectivity index (χ3n) is 2.88. The standard InChI is InChI=1S/C16H22O2S/c1-14(2)8-7-9-15(3)12-13-19(17,18)16-10-5-4-6-11-16/h4-6,8,10-11H,3,7,9,12-13H2,1-2H3. The molecule has 0 heterocycles. The van der Waals surface area contributed by atoms with Gasteiger partial charge in [0.15, 0.2) is 9.84 Å². The van der Waals surface area contributed by atoms with Gasteiger partial charge in [-0.3, -0.25) is 0 Å². The van der Waals surface area contributed by atoms with Crippen LogP contribution in [0.4, 0.5) is 0 Å². The first-order valence-electron chi connectivity index (χ1n) is 6.49. The van der Waals surface area contributed by atoms with Gasteiger partial charge in [0, 0.05) is 0 Å². The summed E-state index contributed by atoms with van der Waals surface area (Å²) in [5.74, 6) is 0.144. The molecule has 0 saturated heterocycles. The molecule has 3 heteroatoms. The summed E-state index contributed by atoms with van der Waals surface area (Å²) in [4.78, 5) is 0.395. The van der Waals surface area contributed by atoms with Gasteiger partial charge in [0.2, 0.25) is 0 Å². The fraction of sp³-hybridized carbons (Fsp3) is 0.375. The second-order valence-corrected chi connectivity index (χ2v) is 7.06. The van der Waals surface area contributed by atoms with Crippen LogP contribution in [0.15, 0.2) is 59.0 Å². The van der Waals surface area contributed by atoms with Gasteiger partial charge in [0.05, 0.1) is 10.6 Å². The minimum atomic E-state index is -3.17. The molecule has 0 radical (unpaired) electrons. The van der Waals surface area contributed by atoms with Gasteiger partial charge < -0.3 is 0 Å². The van der Waals surface area contributed by atoms with Crippen LogP contribution in [0.2, 0.25) is 0 Å². The van der Waals surface area contributed by atoms with Gasteiger partial charge in [-0.05, 0) is 45.2 Å². The number of sulfone groups is 1. The zero-order valence-electron chi connectivity index (χ0n) is 11.7. The second-order valence-electron chi connectivity index (χ2n) is 4.95. The van der Waals surface area contributed by atoms with E-state index in [-0.39, 0.29) is 5.75 Å². The molecular weight excluding hydrogens is 256 g/mol. The van der Waals surface area contributed by atoms with Crippen LogP contribution in [0, 0.1) is 0 Å². The first-order valence-corrected chi connectivity index (χ1v) is 8.15. The summed E-state index contributed by atoms with van der Waals surface area (Å²) in [5, 5.41) is 0. The monoisotopic (exact) mass is 278 g/mol. The minimum absolute atomic E-state index is 0.144. The number of hydrogen-bond acceptors (Lipinski definition) is 2. The zero-order chi connectivity index (χ0) is 14.3. The molecule has 0 unspecified atom stereocenters. The van der Waals surface area contributed by atoms with Gasteiger partial charge in [0.1, 0.15) is 0 Å². The molecule has 0 amide bonds. The molecule has 1 rings (SSSR count). The lowest BCUT2D eigenvalue weighted by atomic mass is 10.1. The Kier molecular flexibility index (Phi) is 6.03. The number of benzene rings is 1. The Morgan fingerprint density at radius 2 is 1.79 bits per heavy atom. The van der Waals surface area contributed by atoms with Gasteiger partial charge in [-0.25, -0.2) is 8.42 Å². The Hall–Kier alpha value is -1.35. The molecule has 0 spiro atoms. The normalized spacial score (nSPS) is 11.1. The molecule has 0 N–H and O–H groups in total. The predicted octanol–water partition coefficient (Wildman–Crippen LogP) is 4.15. The maximum atomic E-state index is 12.1. The van der Waals surface area contributed by atoms with Crippen molar-refractivity contribution in [3.05, 3.63) is 54.1 Å². The second kappa shape index (κ2) is 7.29. The van der Waals surface area contributed by atoms with Crippen molar-refractivity contribution in [1.29, 1.82) is 0 Å². The van der Waals surface area contributed by atoms with E-state index in [9.17, 15) is 8.42 Å². The first-order chi connectivity index (χ1) is 8.92. The number of hydrogen-bond donors (Lipinski definition) is 0. The fourth-order valence-electron chi connectivity index (χ4n) is 1.71. The van der Waals surface area contributed by atoms with Crippen LogP contribution in [0.25, 0.3) is 0 Å². The number of rotatable bonds is 7. The third-order valence-corrected chi connectivity index (χ3v) is 4.61. The quantitative estimate of drug-likeness (QED) is 0.702. The summed E-state index contributed by atoms with van der Waals surface area (Å²) in [5.41, 5.74) is 2.28. The van der Waals surface area contributed by atoms with E-state index in [1.54, 1.807) is 24.3 Å². The maximum absolute atomic E-state index is 12.1. The van der Waals surface area contributed by atoms with E-state index in [0.717, 1.165) is 18.4 Å². The summed E-state index contributed by atoms with van der Waals surface area (Å²) in [7, 11) is -3.17. The molecule has 0 bridgehead atoms. The van der Waals surface area contributed by atoms with E-state index in [0.29, 0.717) is 11.3 Å². The third kappa shape index (κ3) is 5.88. The lowest BCUT2D eigenvalue weighted by molar-refractivity contribution is 0.594. The Labute approximate surface area is 116 Å². The van der Waals surface area contributed by atoms with Crippen LogP contribution in [-0.2, 0) is 9.84 Å². The van der Waals surface area contributed by atoms with Crippen molar-refractivity contribution in [3.63, 3.8) is 0 Å². The predicted molar refractivity (Wildman–Crippen MR) is 80.9 cm³/mol. The molecular formula is C16H22O2S. The lowest BCUT2D eigenvalue weighted by Gasteiger charge is -2.06. The van der Waals surface area contributed by atoms with Gasteiger partial charge in [-0.2, -0.15) is 0 Å². The van der Waals surface area contributed by atoms with E-state index in [2.05, 4.69) is 26.5 Å². The maximum Gasteiger partial charge on any atom is 0.178 e. The van der Waals surface area contributed by atoms with E-state index in [4.69, 9.17) is 0 Å². The fourth-order valence-corrected chi connectivity index (χ4v) is 3.08. The molecule has 0 aliphatic carbocycles. The molecule has 0 aliphatic rings. The summed E-state index contributed by atoms with van der Waals surface area (Å²) >= 11 is 0. The highest BCUT2D eigenvalue weighted by atomic mass is 32.2. The van der Waals surface area contributed by atoms with Crippen LogP contribution >= 0.6 is 0 Å². The molecule has 0 fully saturated rings. The highest BCUT2D eigenvalue weighted by molar-refractivity contribution is 7.91. The Morgan fingerprint density at radius 1 is 1.16 bits per heavy atom. The smallest absolute Gasteiger partial charge is 0.178 e. The Bertz CT molecular complexity index is 535. The van der Waals surface area contributed by atoms with Crippen molar-refractivity contribution < 1.29 is 8.42 Å². The van der Waals surface area contributed by atoms with Gasteiger partial charge in [0.25, 0.3) is 0 Å². The zero-order valence-corrected chi connectivity index (χ0v) is 12.5. The average Bonchev–Trinajstić information content (AvgIpc) is 2.37. The van der Waals surface area contributed by atoms with Crippen molar-refractivity contribution in [1.82, 2.24) is 0 Å².